The Balaban J connectivity index is 1.46. The van der Waals surface area contributed by atoms with Gasteiger partial charge in [0.25, 0.3) is 0 Å². The Morgan fingerprint density at radius 2 is 1.92 bits per heavy atom. The summed E-state index contributed by atoms with van der Waals surface area (Å²) in [5.41, 5.74) is 3.23. The highest BCUT2D eigenvalue weighted by molar-refractivity contribution is 5.86. The number of rotatable bonds is 4. The topological polar surface area (TPSA) is 59.3 Å². The fraction of sp³-hybridized carbons (Fsp3) is 0.389. The lowest BCUT2D eigenvalue weighted by atomic mass is 10.2. The quantitative estimate of drug-likeness (QED) is 0.722. The predicted octanol–water partition coefficient (Wildman–Crippen LogP) is 1.69. The van der Waals surface area contributed by atoms with Gasteiger partial charge in [0.05, 0.1) is 30.0 Å². The molecule has 1 aromatic carbocycles. The summed E-state index contributed by atoms with van der Waals surface area (Å²) in [6, 6.07) is 6.29. The van der Waals surface area contributed by atoms with Gasteiger partial charge in [-0.15, -0.1) is 0 Å². The Kier molecular flexibility index (Phi) is 4.23. The molecule has 0 amide bonds. The number of fused-ring (bicyclic) bond motifs is 1. The van der Waals surface area contributed by atoms with E-state index in [2.05, 4.69) is 43.1 Å². The van der Waals surface area contributed by atoms with Crippen LogP contribution < -0.4 is 9.64 Å². The van der Waals surface area contributed by atoms with E-state index >= 15 is 0 Å². The summed E-state index contributed by atoms with van der Waals surface area (Å²) >= 11 is 0. The molecular formula is C18H22N6O. The van der Waals surface area contributed by atoms with E-state index in [1.165, 1.54) is 12.0 Å². The zero-order chi connectivity index (χ0) is 17.2. The van der Waals surface area contributed by atoms with E-state index in [4.69, 9.17) is 4.74 Å². The van der Waals surface area contributed by atoms with Gasteiger partial charge in [0.15, 0.2) is 0 Å². The zero-order valence-electron chi connectivity index (χ0n) is 14.6. The summed E-state index contributed by atoms with van der Waals surface area (Å²) in [4.78, 5) is 17.8. The molecule has 130 valence electrons. The number of anilines is 1. The maximum Gasteiger partial charge on any atom is 0.224 e. The number of benzene rings is 1. The molecule has 0 aliphatic carbocycles. The van der Waals surface area contributed by atoms with Crippen molar-refractivity contribution < 1.29 is 4.74 Å². The van der Waals surface area contributed by atoms with Gasteiger partial charge in [-0.3, -0.25) is 4.90 Å². The van der Waals surface area contributed by atoms with Gasteiger partial charge in [0.2, 0.25) is 5.88 Å². The third kappa shape index (κ3) is 3.28. The largest absolute Gasteiger partial charge is 0.480 e. The van der Waals surface area contributed by atoms with Crippen molar-refractivity contribution in [3.8, 4) is 5.88 Å². The number of hydrogen-bond donors (Lipinski definition) is 0. The Morgan fingerprint density at radius 1 is 1.08 bits per heavy atom. The van der Waals surface area contributed by atoms with Crippen molar-refractivity contribution >= 4 is 16.6 Å². The molecule has 0 N–H and O–H groups in total. The molecule has 7 heteroatoms. The van der Waals surface area contributed by atoms with Gasteiger partial charge < -0.3 is 14.2 Å². The van der Waals surface area contributed by atoms with E-state index in [-0.39, 0.29) is 0 Å². The molecule has 0 saturated carbocycles. The third-order valence-corrected chi connectivity index (χ3v) is 4.66. The lowest BCUT2D eigenvalue weighted by Crippen LogP contribution is -2.46. The maximum atomic E-state index is 5.37. The van der Waals surface area contributed by atoms with Crippen LogP contribution >= 0.6 is 0 Å². The van der Waals surface area contributed by atoms with Crippen molar-refractivity contribution in [1.29, 1.82) is 0 Å². The van der Waals surface area contributed by atoms with E-state index in [1.807, 2.05) is 24.0 Å². The van der Waals surface area contributed by atoms with Crippen molar-refractivity contribution in [3.05, 3.63) is 42.7 Å². The van der Waals surface area contributed by atoms with Crippen LogP contribution in [0.4, 0.5) is 5.69 Å². The number of piperazine rings is 1. The van der Waals surface area contributed by atoms with Crippen LogP contribution in [-0.4, -0.2) is 57.7 Å². The standard InChI is InChI=1S/C18H22N6O/c1-22-10-14(21-13-22)11-23-5-7-24(8-6-23)15-3-4-17-16(9-15)18(25-2)20-12-19-17/h3-4,9-10,12-13H,5-8,11H2,1-2H3. The number of ether oxygens (including phenoxy) is 1. The van der Waals surface area contributed by atoms with Crippen LogP contribution in [0.25, 0.3) is 10.9 Å². The molecule has 1 fully saturated rings. The summed E-state index contributed by atoms with van der Waals surface area (Å²) in [6.45, 7) is 4.95. The van der Waals surface area contributed by atoms with Crippen molar-refractivity contribution in [2.45, 2.75) is 6.54 Å². The van der Waals surface area contributed by atoms with Crippen LogP contribution in [0, 0.1) is 0 Å². The Hall–Kier alpha value is -2.67. The minimum atomic E-state index is 0.626. The monoisotopic (exact) mass is 338 g/mol. The number of imidazole rings is 1. The van der Waals surface area contributed by atoms with Crippen molar-refractivity contribution in [2.75, 3.05) is 38.2 Å². The maximum absolute atomic E-state index is 5.37. The molecule has 25 heavy (non-hydrogen) atoms. The summed E-state index contributed by atoms with van der Waals surface area (Å²) in [6.07, 6.45) is 5.48. The molecule has 3 heterocycles. The number of methoxy groups -OCH3 is 1. The summed E-state index contributed by atoms with van der Waals surface area (Å²) < 4.78 is 7.36. The minimum absolute atomic E-state index is 0.626. The molecule has 0 unspecified atom stereocenters. The molecule has 0 atom stereocenters. The fourth-order valence-electron chi connectivity index (χ4n) is 3.32. The average molecular weight is 338 g/mol. The van der Waals surface area contributed by atoms with Gasteiger partial charge in [-0.25, -0.2) is 15.0 Å². The molecule has 4 rings (SSSR count). The van der Waals surface area contributed by atoms with Crippen LogP contribution in [0.3, 0.4) is 0 Å². The molecule has 0 bridgehead atoms. The van der Waals surface area contributed by atoms with Gasteiger partial charge in [-0.2, -0.15) is 0 Å². The SMILES string of the molecule is COc1ncnc2ccc(N3CCN(Cc4cn(C)cn4)CC3)cc12. The van der Waals surface area contributed by atoms with Crippen LogP contribution in [-0.2, 0) is 13.6 Å². The smallest absolute Gasteiger partial charge is 0.224 e. The second kappa shape index (κ2) is 6.68. The number of aromatic nitrogens is 4. The van der Waals surface area contributed by atoms with E-state index in [1.54, 1.807) is 7.11 Å². The first kappa shape index (κ1) is 15.8. The number of aryl methyl sites for hydroxylation is 1. The highest BCUT2D eigenvalue weighted by Crippen LogP contribution is 2.27. The molecule has 3 aromatic rings. The van der Waals surface area contributed by atoms with E-state index < -0.39 is 0 Å². The van der Waals surface area contributed by atoms with Gasteiger partial charge in [0.1, 0.15) is 6.33 Å². The van der Waals surface area contributed by atoms with E-state index in [9.17, 15) is 0 Å². The molecule has 7 nitrogen and oxygen atoms in total. The van der Waals surface area contributed by atoms with Gasteiger partial charge in [-0.05, 0) is 18.2 Å². The lowest BCUT2D eigenvalue weighted by molar-refractivity contribution is 0.247. The fourth-order valence-corrected chi connectivity index (χ4v) is 3.32. The normalized spacial score (nSPS) is 15.7. The average Bonchev–Trinajstić information content (AvgIpc) is 3.06. The first-order valence-electron chi connectivity index (χ1n) is 8.46. The summed E-state index contributed by atoms with van der Waals surface area (Å²) in [7, 11) is 3.65. The van der Waals surface area contributed by atoms with Gasteiger partial charge in [-0.1, -0.05) is 0 Å². The van der Waals surface area contributed by atoms with E-state index in [0.29, 0.717) is 5.88 Å². The van der Waals surface area contributed by atoms with Gasteiger partial charge >= 0.3 is 0 Å². The van der Waals surface area contributed by atoms with Crippen LogP contribution in [0.5, 0.6) is 5.88 Å². The second-order valence-corrected chi connectivity index (χ2v) is 6.38. The molecule has 0 radical (unpaired) electrons. The molecule has 1 saturated heterocycles. The Labute approximate surface area is 146 Å². The van der Waals surface area contributed by atoms with Crippen LogP contribution in [0.2, 0.25) is 0 Å². The predicted molar refractivity (Wildman–Crippen MR) is 96.8 cm³/mol. The Morgan fingerprint density at radius 3 is 2.64 bits per heavy atom. The molecule has 1 aliphatic rings. The first-order chi connectivity index (χ1) is 12.2. The molecule has 0 spiro atoms. The Bertz CT molecular complexity index is 869. The van der Waals surface area contributed by atoms with E-state index in [0.717, 1.165) is 49.3 Å². The second-order valence-electron chi connectivity index (χ2n) is 6.38. The lowest BCUT2D eigenvalue weighted by Gasteiger charge is -2.35. The minimum Gasteiger partial charge on any atom is -0.480 e. The van der Waals surface area contributed by atoms with Crippen LogP contribution in [0.15, 0.2) is 37.1 Å². The van der Waals surface area contributed by atoms with Crippen LogP contribution in [0.1, 0.15) is 5.69 Å². The molecular weight excluding hydrogens is 316 g/mol. The number of nitrogens with zero attached hydrogens (tertiary/aromatic N) is 6. The highest BCUT2D eigenvalue weighted by atomic mass is 16.5. The summed E-state index contributed by atoms with van der Waals surface area (Å²) in [5, 5.41) is 0.957. The summed E-state index contributed by atoms with van der Waals surface area (Å²) in [5.74, 6) is 0.626. The molecule has 1 aliphatic heterocycles. The van der Waals surface area contributed by atoms with Crippen molar-refractivity contribution in [2.24, 2.45) is 7.05 Å². The zero-order valence-corrected chi connectivity index (χ0v) is 14.6. The molecule has 2 aromatic heterocycles. The number of hydrogen-bond acceptors (Lipinski definition) is 6. The van der Waals surface area contributed by atoms with Crippen molar-refractivity contribution in [3.63, 3.8) is 0 Å². The van der Waals surface area contributed by atoms with Crippen molar-refractivity contribution in [1.82, 2.24) is 24.4 Å². The highest BCUT2D eigenvalue weighted by Gasteiger charge is 2.18. The third-order valence-electron chi connectivity index (χ3n) is 4.66. The first-order valence-corrected chi connectivity index (χ1v) is 8.46. The van der Waals surface area contributed by atoms with Gasteiger partial charge in [0, 0.05) is 51.7 Å².